The minimum Gasteiger partial charge on any atom is -0.369 e. The Bertz CT molecular complexity index is 906. The molecule has 3 aromatic carbocycles. The zero-order chi connectivity index (χ0) is 18.7. The lowest BCUT2D eigenvalue weighted by molar-refractivity contribution is -0.119. The molecule has 0 saturated heterocycles. The Morgan fingerprint density at radius 1 is 0.885 bits per heavy atom. The molecule has 3 rings (SSSR count). The van der Waals surface area contributed by atoms with Gasteiger partial charge in [0, 0.05) is 11.5 Å². The lowest BCUT2D eigenvalue weighted by Gasteiger charge is -2.22. The van der Waals surface area contributed by atoms with Gasteiger partial charge in [-0.15, -0.1) is 0 Å². The highest BCUT2D eigenvalue weighted by atomic mass is 19.1. The molecule has 0 aromatic heterocycles. The van der Waals surface area contributed by atoms with E-state index in [4.69, 9.17) is 5.73 Å². The molecular weight excluding hydrogens is 325 g/mol. The van der Waals surface area contributed by atoms with Gasteiger partial charge in [-0.3, -0.25) is 4.79 Å². The Labute approximate surface area is 153 Å². The van der Waals surface area contributed by atoms with E-state index in [-0.39, 0.29) is 11.7 Å². The molecule has 3 heteroatoms. The number of rotatable bonds is 5. The smallest absolute Gasteiger partial charge is 0.224 e. The summed E-state index contributed by atoms with van der Waals surface area (Å²) in [6, 6.07) is 22.7. The fourth-order valence-electron chi connectivity index (χ4n) is 3.33. The van der Waals surface area contributed by atoms with Gasteiger partial charge >= 0.3 is 0 Å². The Hall–Kier alpha value is -2.94. The van der Waals surface area contributed by atoms with E-state index in [1.165, 1.54) is 0 Å². The van der Waals surface area contributed by atoms with E-state index in [1.807, 2.05) is 73.7 Å². The molecule has 2 nitrogen and oxygen atoms in total. The van der Waals surface area contributed by atoms with Crippen molar-refractivity contribution in [2.24, 2.45) is 5.73 Å². The molecule has 2 atom stereocenters. The monoisotopic (exact) mass is 347 g/mol. The van der Waals surface area contributed by atoms with Crippen LogP contribution in [0.5, 0.6) is 0 Å². The van der Waals surface area contributed by atoms with Gasteiger partial charge in [0.15, 0.2) is 0 Å². The molecule has 0 spiro atoms. The van der Waals surface area contributed by atoms with Crippen molar-refractivity contribution < 1.29 is 9.18 Å². The number of nitrogens with two attached hydrogens (primary N) is 1. The molecule has 2 N–H and O–H groups in total. The van der Waals surface area contributed by atoms with E-state index in [0.717, 1.165) is 11.1 Å². The Balaban J connectivity index is 2.22. The van der Waals surface area contributed by atoms with E-state index in [1.54, 1.807) is 13.0 Å². The number of primary amides is 1. The molecule has 0 aliphatic rings. The average Bonchev–Trinajstić information content (AvgIpc) is 2.68. The van der Waals surface area contributed by atoms with E-state index in [9.17, 15) is 4.79 Å². The van der Waals surface area contributed by atoms with E-state index < -0.39 is 11.8 Å². The standard InChI is InChI=1S/C23H22FNO/c1-15(17-9-5-3-6-10-17)21-19(16(2)23(25)26)13-14-20(22(21)24)18-11-7-4-8-12-18/h3-16H,1-2H3,(H2,25,26). The zero-order valence-corrected chi connectivity index (χ0v) is 14.9. The van der Waals surface area contributed by atoms with Gasteiger partial charge in [0.1, 0.15) is 5.82 Å². The number of amides is 1. The number of hydrogen-bond donors (Lipinski definition) is 1. The molecule has 2 unspecified atom stereocenters. The lowest BCUT2D eigenvalue weighted by atomic mass is 9.82. The maximum atomic E-state index is 15.6. The highest BCUT2D eigenvalue weighted by molar-refractivity contribution is 5.82. The summed E-state index contributed by atoms with van der Waals surface area (Å²) < 4.78 is 15.6. The van der Waals surface area contributed by atoms with Crippen molar-refractivity contribution in [2.75, 3.05) is 0 Å². The summed E-state index contributed by atoms with van der Waals surface area (Å²) in [4.78, 5) is 11.8. The van der Waals surface area contributed by atoms with Gasteiger partial charge < -0.3 is 5.73 Å². The summed E-state index contributed by atoms with van der Waals surface area (Å²) in [7, 11) is 0. The highest BCUT2D eigenvalue weighted by Crippen LogP contribution is 2.37. The Morgan fingerprint density at radius 3 is 2.04 bits per heavy atom. The van der Waals surface area contributed by atoms with Crippen molar-refractivity contribution in [1.82, 2.24) is 0 Å². The van der Waals surface area contributed by atoms with Crippen molar-refractivity contribution in [2.45, 2.75) is 25.7 Å². The van der Waals surface area contributed by atoms with Crippen molar-refractivity contribution in [1.29, 1.82) is 0 Å². The van der Waals surface area contributed by atoms with Crippen LogP contribution in [-0.4, -0.2) is 5.91 Å². The highest BCUT2D eigenvalue weighted by Gasteiger charge is 2.25. The van der Waals surface area contributed by atoms with Crippen LogP contribution in [-0.2, 0) is 4.79 Å². The van der Waals surface area contributed by atoms with Crippen molar-refractivity contribution in [3.8, 4) is 11.1 Å². The second kappa shape index (κ2) is 7.52. The summed E-state index contributed by atoms with van der Waals surface area (Å²) in [5.41, 5.74) is 9.03. The van der Waals surface area contributed by atoms with Crippen LogP contribution in [0.15, 0.2) is 72.8 Å². The summed E-state index contributed by atoms with van der Waals surface area (Å²) in [5.74, 6) is -1.51. The van der Waals surface area contributed by atoms with Crippen LogP contribution >= 0.6 is 0 Å². The number of hydrogen-bond acceptors (Lipinski definition) is 1. The fraction of sp³-hybridized carbons (Fsp3) is 0.174. The quantitative estimate of drug-likeness (QED) is 0.674. The predicted molar refractivity (Wildman–Crippen MR) is 103 cm³/mol. The topological polar surface area (TPSA) is 43.1 Å². The van der Waals surface area contributed by atoms with Crippen LogP contribution in [0.1, 0.15) is 42.4 Å². The van der Waals surface area contributed by atoms with Gasteiger partial charge in [0.2, 0.25) is 5.91 Å². The summed E-state index contributed by atoms with van der Waals surface area (Å²) in [5, 5.41) is 0. The maximum absolute atomic E-state index is 15.6. The molecule has 0 radical (unpaired) electrons. The molecule has 26 heavy (non-hydrogen) atoms. The summed E-state index contributed by atoms with van der Waals surface area (Å²) >= 11 is 0. The Morgan fingerprint density at radius 2 is 1.46 bits per heavy atom. The zero-order valence-electron chi connectivity index (χ0n) is 14.9. The molecule has 0 bridgehead atoms. The van der Waals surface area contributed by atoms with Gasteiger partial charge in [-0.2, -0.15) is 0 Å². The first kappa shape index (κ1) is 17.9. The normalized spacial score (nSPS) is 13.2. The molecule has 3 aromatic rings. The van der Waals surface area contributed by atoms with Gasteiger partial charge in [-0.1, -0.05) is 79.7 Å². The maximum Gasteiger partial charge on any atom is 0.224 e. The van der Waals surface area contributed by atoms with Crippen LogP contribution in [0, 0.1) is 5.82 Å². The third kappa shape index (κ3) is 3.38. The molecule has 0 aliphatic heterocycles. The lowest BCUT2D eigenvalue weighted by Crippen LogP contribution is -2.21. The van der Waals surface area contributed by atoms with Gasteiger partial charge in [-0.25, -0.2) is 4.39 Å². The molecule has 0 heterocycles. The average molecular weight is 347 g/mol. The molecule has 0 fully saturated rings. The second-order valence-corrected chi connectivity index (χ2v) is 6.55. The van der Waals surface area contributed by atoms with Crippen molar-refractivity contribution in [3.63, 3.8) is 0 Å². The minimum atomic E-state index is -0.560. The molecular formula is C23H22FNO. The third-order valence-corrected chi connectivity index (χ3v) is 4.92. The summed E-state index contributed by atoms with van der Waals surface area (Å²) in [6.07, 6.45) is 0. The van der Waals surface area contributed by atoms with Crippen LogP contribution in [0.2, 0.25) is 0 Å². The number of carbonyl (C=O) groups is 1. The van der Waals surface area contributed by atoms with E-state index in [0.29, 0.717) is 16.7 Å². The van der Waals surface area contributed by atoms with Gasteiger partial charge in [-0.05, 0) is 29.2 Å². The van der Waals surface area contributed by atoms with Gasteiger partial charge in [0.05, 0.1) is 5.92 Å². The molecule has 1 amide bonds. The SMILES string of the molecule is CC(C(N)=O)c1ccc(-c2ccccc2)c(F)c1C(C)c1ccccc1. The largest absolute Gasteiger partial charge is 0.369 e. The van der Waals surface area contributed by atoms with E-state index in [2.05, 4.69) is 0 Å². The number of halogens is 1. The first-order valence-corrected chi connectivity index (χ1v) is 8.72. The molecule has 0 aliphatic carbocycles. The Kier molecular flexibility index (Phi) is 5.17. The van der Waals surface area contributed by atoms with Crippen molar-refractivity contribution >= 4 is 5.91 Å². The fourth-order valence-corrected chi connectivity index (χ4v) is 3.33. The number of carbonyl (C=O) groups excluding carboxylic acids is 1. The third-order valence-electron chi connectivity index (χ3n) is 4.92. The molecule has 0 saturated carbocycles. The predicted octanol–water partition coefficient (Wildman–Crippen LogP) is 5.23. The minimum absolute atomic E-state index is 0.198. The van der Waals surface area contributed by atoms with E-state index >= 15 is 4.39 Å². The van der Waals surface area contributed by atoms with Crippen LogP contribution in [0.3, 0.4) is 0 Å². The van der Waals surface area contributed by atoms with Crippen molar-refractivity contribution in [3.05, 3.63) is 95.3 Å². The van der Waals surface area contributed by atoms with Crippen LogP contribution < -0.4 is 5.73 Å². The van der Waals surface area contributed by atoms with Gasteiger partial charge in [0.25, 0.3) is 0 Å². The number of benzene rings is 3. The summed E-state index contributed by atoms with van der Waals surface area (Å²) in [6.45, 7) is 3.68. The molecule has 132 valence electrons. The van der Waals surface area contributed by atoms with Crippen LogP contribution in [0.25, 0.3) is 11.1 Å². The second-order valence-electron chi connectivity index (χ2n) is 6.55. The first-order chi connectivity index (χ1) is 12.5. The first-order valence-electron chi connectivity index (χ1n) is 8.72. The van der Waals surface area contributed by atoms with Crippen LogP contribution in [0.4, 0.5) is 4.39 Å².